The largest absolute Gasteiger partial charge is 0.448 e. The van der Waals surface area contributed by atoms with Gasteiger partial charge in [0, 0.05) is 12.7 Å². The highest BCUT2D eigenvalue weighted by atomic mass is 16.3. The van der Waals surface area contributed by atoms with Crippen LogP contribution < -0.4 is 0 Å². The van der Waals surface area contributed by atoms with Crippen molar-refractivity contribution in [2.45, 2.75) is 59.8 Å². The summed E-state index contributed by atoms with van der Waals surface area (Å²) in [7, 11) is 0. The zero-order valence-electron chi connectivity index (χ0n) is 11.9. The molecule has 1 atom stereocenters. The molecule has 1 rings (SSSR count). The van der Waals surface area contributed by atoms with Gasteiger partial charge < -0.3 is 4.42 Å². The molecule has 0 aromatic carbocycles. The fourth-order valence-corrected chi connectivity index (χ4v) is 1.40. The van der Waals surface area contributed by atoms with Crippen LogP contribution in [0.1, 0.15) is 67.2 Å². The molecule has 0 aliphatic rings. The molecule has 0 N–H and O–H groups in total. The third-order valence-electron chi connectivity index (χ3n) is 2.73. The van der Waals surface area contributed by atoms with Crippen LogP contribution in [0.15, 0.2) is 10.8 Å². The Morgan fingerprint density at radius 1 is 1.27 bits per heavy atom. The van der Waals surface area contributed by atoms with Crippen LogP contribution in [0.4, 0.5) is 0 Å². The summed E-state index contributed by atoms with van der Waals surface area (Å²) in [5.74, 6) is 0.0720. The maximum atomic E-state index is 8.53. The molecule has 86 valence electrons. The van der Waals surface area contributed by atoms with Crippen LogP contribution in [0.3, 0.4) is 0 Å². The van der Waals surface area contributed by atoms with Crippen molar-refractivity contribution < 1.29 is 5.79 Å². The third kappa shape index (κ3) is 2.61. The van der Waals surface area contributed by atoms with Gasteiger partial charge in [-0.1, -0.05) is 48.5 Å². The first kappa shape index (κ1) is 10.7. The molecule has 0 radical (unpaired) electrons. The molecule has 1 heterocycles. The summed E-state index contributed by atoms with van der Waals surface area (Å²) in [6, 6.07) is 0. The Hall–Kier alpha value is -0.790. The van der Waals surface area contributed by atoms with Crippen molar-refractivity contribution in [1.29, 1.82) is 0 Å². The Kier molecular flexibility index (Phi) is 2.61. The Balaban J connectivity index is 3.31. The van der Waals surface area contributed by atoms with Crippen LogP contribution in [-0.2, 0) is 5.41 Å². The highest BCUT2D eigenvalue weighted by Gasteiger charge is 2.31. The van der Waals surface area contributed by atoms with E-state index in [0.29, 0.717) is 0 Å². The molecule has 0 amide bonds. The van der Waals surface area contributed by atoms with Crippen LogP contribution in [0.5, 0.6) is 0 Å². The molecule has 1 aromatic rings. The summed E-state index contributed by atoms with van der Waals surface area (Å²) in [5.41, 5.74) is 0.469. The first-order valence-corrected chi connectivity index (χ1v) is 5.42. The van der Waals surface area contributed by atoms with E-state index in [2.05, 4.69) is 46.5 Å². The molecule has 1 unspecified atom stereocenters. The van der Waals surface area contributed by atoms with Gasteiger partial charge in [0.2, 0.25) is 0 Å². The second-order valence-electron chi connectivity index (χ2n) is 6.16. The normalized spacial score (nSPS) is 18.5. The van der Waals surface area contributed by atoms with Crippen LogP contribution in [-0.4, -0.2) is 4.98 Å². The minimum absolute atomic E-state index is 0.112. The summed E-state index contributed by atoms with van der Waals surface area (Å²) < 4.78 is 14.0. The second-order valence-corrected chi connectivity index (χ2v) is 6.16. The molecule has 0 saturated heterocycles. The molecule has 0 spiro atoms. The Labute approximate surface area is 94.5 Å². The lowest BCUT2D eigenvalue weighted by Gasteiger charge is -2.28. The minimum atomic E-state index is -0.747. The maximum Gasteiger partial charge on any atom is 0.181 e. The molecule has 0 saturated carbocycles. The van der Waals surface area contributed by atoms with Gasteiger partial charge in [0.05, 0.1) is 5.69 Å². The summed E-state index contributed by atoms with van der Waals surface area (Å²) in [4.78, 5) is 4.27. The first-order chi connectivity index (χ1) is 6.98. The molecule has 2 heteroatoms. The van der Waals surface area contributed by atoms with Crippen LogP contribution in [0.2, 0.25) is 0 Å². The van der Waals surface area contributed by atoms with Crippen LogP contribution in [0.25, 0.3) is 0 Å². The van der Waals surface area contributed by atoms with Crippen LogP contribution >= 0.6 is 0 Å². The average molecular weight is 210 g/mol. The van der Waals surface area contributed by atoms with Crippen molar-refractivity contribution in [3.63, 3.8) is 0 Å². The van der Waals surface area contributed by atoms with E-state index in [1.54, 1.807) is 0 Å². The van der Waals surface area contributed by atoms with Gasteiger partial charge in [-0.25, -0.2) is 4.98 Å². The number of nitrogens with zero attached hydrogens (tertiary/aromatic N) is 1. The van der Waals surface area contributed by atoms with Crippen molar-refractivity contribution in [3.05, 3.63) is 17.8 Å². The molecule has 2 nitrogen and oxygen atoms in total. The van der Waals surface area contributed by atoms with Crippen molar-refractivity contribution in [3.8, 4) is 0 Å². The molecule has 1 aromatic heterocycles. The molecule has 0 bridgehead atoms. The van der Waals surface area contributed by atoms with E-state index in [1.165, 1.54) is 6.39 Å². The fraction of sp³-hybridized carbons (Fsp3) is 0.769. The van der Waals surface area contributed by atoms with E-state index in [9.17, 15) is 0 Å². The summed E-state index contributed by atoms with van der Waals surface area (Å²) in [5, 5.41) is 0. The minimum Gasteiger partial charge on any atom is -0.448 e. The topological polar surface area (TPSA) is 26.0 Å². The quantitative estimate of drug-likeness (QED) is 0.696. The van der Waals surface area contributed by atoms with Crippen molar-refractivity contribution >= 4 is 0 Å². The second kappa shape index (κ2) is 3.66. The first-order valence-electron chi connectivity index (χ1n) is 5.92. The maximum absolute atomic E-state index is 8.53. The molecule has 0 fully saturated rings. The van der Waals surface area contributed by atoms with Gasteiger partial charge in [0.25, 0.3) is 0 Å². The predicted molar refractivity (Wildman–Crippen MR) is 63.1 cm³/mol. The Bertz CT molecular complexity index is 366. The highest BCUT2D eigenvalue weighted by molar-refractivity contribution is 5.21. The summed E-state index contributed by atoms with van der Waals surface area (Å²) in [6.45, 7) is 14.3. The smallest absolute Gasteiger partial charge is 0.181 e. The van der Waals surface area contributed by atoms with E-state index in [0.717, 1.165) is 11.5 Å². The van der Waals surface area contributed by atoms with Gasteiger partial charge in [-0.3, -0.25) is 0 Å². The van der Waals surface area contributed by atoms with Gasteiger partial charge in [0.15, 0.2) is 6.39 Å². The van der Waals surface area contributed by atoms with Crippen molar-refractivity contribution in [2.75, 3.05) is 0 Å². The highest BCUT2D eigenvalue weighted by Crippen LogP contribution is 2.38. The number of hydrogen-bond donors (Lipinski definition) is 0. The summed E-state index contributed by atoms with van der Waals surface area (Å²) in [6.07, 6.45) is 1.45. The molecule has 0 aliphatic carbocycles. The number of hydrogen-bond acceptors (Lipinski definition) is 2. The lowest BCUT2D eigenvalue weighted by molar-refractivity contribution is 0.321. The monoisotopic (exact) mass is 210 g/mol. The van der Waals surface area contributed by atoms with Gasteiger partial charge in [-0.05, 0) is 5.41 Å². The van der Waals surface area contributed by atoms with E-state index >= 15 is 0 Å². The fourth-order valence-electron chi connectivity index (χ4n) is 1.40. The average Bonchev–Trinajstić information content (AvgIpc) is 2.47. The molecule has 0 aliphatic heterocycles. The standard InChI is InChI=1S/C13H23NO/c1-9(12(2,3)4)10-11(13(5,6)7)15-8-14-10/h8-9H,1-7H3/i9D. The molecular weight excluding hydrogens is 186 g/mol. The number of oxazole rings is 1. The third-order valence-corrected chi connectivity index (χ3v) is 2.73. The lowest BCUT2D eigenvalue weighted by Crippen LogP contribution is -2.21. The number of aromatic nitrogens is 1. The van der Waals surface area contributed by atoms with E-state index in [1.807, 2.05) is 6.92 Å². The summed E-state index contributed by atoms with van der Waals surface area (Å²) >= 11 is 0. The lowest BCUT2D eigenvalue weighted by atomic mass is 9.77. The van der Waals surface area contributed by atoms with Crippen molar-refractivity contribution in [2.24, 2.45) is 5.41 Å². The van der Waals surface area contributed by atoms with E-state index in [4.69, 9.17) is 5.79 Å². The predicted octanol–water partition coefficient (Wildman–Crippen LogP) is 4.12. The Morgan fingerprint density at radius 2 is 1.80 bits per heavy atom. The number of rotatable bonds is 1. The molecule has 15 heavy (non-hydrogen) atoms. The zero-order valence-corrected chi connectivity index (χ0v) is 10.9. The van der Waals surface area contributed by atoms with E-state index < -0.39 is 5.89 Å². The SMILES string of the molecule is [2H]C(C)(c1ncoc1C(C)(C)C)C(C)(C)C. The van der Waals surface area contributed by atoms with Gasteiger partial charge in [-0.15, -0.1) is 0 Å². The van der Waals surface area contributed by atoms with Gasteiger partial charge in [-0.2, -0.15) is 0 Å². The van der Waals surface area contributed by atoms with Gasteiger partial charge in [0.1, 0.15) is 5.76 Å². The zero-order chi connectivity index (χ0) is 12.8. The van der Waals surface area contributed by atoms with Gasteiger partial charge >= 0.3 is 0 Å². The Morgan fingerprint density at radius 3 is 2.20 bits per heavy atom. The molecular formula is C13H23NO. The van der Waals surface area contributed by atoms with E-state index in [-0.39, 0.29) is 10.8 Å². The van der Waals surface area contributed by atoms with Crippen molar-refractivity contribution in [1.82, 2.24) is 4.98 Å². The van der Waals surface area contributed by atoms with Crippen LogP contribution in [0, 0.1) is 5.41 Å².